The number of amides is 1. The topological polar surface area (TPSA) is 57.6 Å². The molecule has 0 unspecified atom stereocenters. The lowest BCUT2D eigenvalue weighted by Crippen LogP contribution is -2.47. The first kappa shape index (κ1) is 15.1. The van der Waals surface area contributed by atoms with Gasteiger partial charge in [-0.05, 0) is 26.0 Å². The fourth-order valence-corrected chi connectivity index (χ4v) is 3.42. The summed E-state index contributed by atoms with van der Waals surface area (Å²) >= 11 is 1.50. The summed E-state index contributed by atoms with van der Waals surface area (Å²) in [6, 6.07) is 5.46. The van der Waals surface area contributed by atoms with E-state index in [2.05, 4.69) is 0 Å². The molecular formula is C15H19NO3S. The van der Waals surface area contributed by atoms with Gasteiger partial charge in [-0.3, -0.25) is 9.59 Å². The molecule has 1 aliphatic heterocycles. The third kappa shape index (κ3) is 2.60. The first-order chi connectivity index (χ1) is 9.40. The molecule has 20 heavy (non-hydrogen) atoms. The number of carbonyl (C=O) groups is 2. The summed E-state index contributed by atoms with van der Waals surface area (Å²) in [4.78, 5) is 26.8. The minimum absolute atomic E-state index is 0.0369. The van der Waals surface area contributed by atoms with E-state index in [9.17, 15) is 14.7 Å². The van der Waals surface area contributed by atoms with E-state index in [1.807, 2.05) is 26.8 Å². The second-order valence-electron chi connectivity index (χ2n) is 5.25. The first-order valence-corrected chi connectivity index (χ1v) is 7.51. The second-order valence-corrected chi connectivity index (χ2v) is 6.92. The molecule has 0 radical (unpaired) electrons. The van der Waals surface area contributed by atoms with Crippen molar-refractivity contribution in [1.29, 1.82) is 0 Å². The SMILES string of the molecule is CCC(=O)c1ccc2c(c1)N(CCO)C(=O)C(C)(C)S2. The van der Waals surface area contributed by atoms with E-state index in [-0.39, 0.29) is 24.8 Å². The Bertz CT molecular complexity index is 554. The first-order valence-electron chi connectivity index (χ1n) is 6.69. The van der Waals surface area contributed by atoms with Crippen LogP contribution in [0.25, 0.3) is 0 Å². The molecule has 1 N–H and O–H groups in total. The van der Waals surface area contributed by atoms with Crippen molar-refractivity contribution >= 4 is 29.1 Å². The van der Waals surface area contributed by atoms with Gasteiger partial charge < -0.3 is 10.0 Å². The average Bonchev–Trinajstić information content (AvgIpc) is 2.42. The Morgan fingerprint density at radius 2 is 2.10 bits per heavy atom. The van der Waals surface area contributed by atoms with Gasteiger partial charge in [-0.25, -0.2) is 0 Å². The standard InChI is InChI=1S/C15H19NO3S/c1-4-12(18)10-5-6-13-11(9-10)16(7-8-17)14(19)15(2,3)20-13/h5-6,9,17H,4,7-8H2,1-3H3. The number of benzene rings is 1. The van der Waals surface area contributed by atoms with Crippen LogP contribution >= 0.6 is 11.8 Å². The molecular weight excluding hydrogens is 274 g/mol. The fraction of sp³-hybridized carbons (Fsp3) is 0.467. The molecule has 1 amide bonds. The van der Waals surface area contributed by atoms with Crippen molar-refractivity contribution in [2.75, 3.05) is 18.1 Å². The summed E-state index contributed by atoms with van der Waals surface area (Å²) in [6.07, 6.45) is 0.436. The molecule has 1 aromatic carbocycles. The van der Waals surface area contributed by atoms with Crippen LogP contribution in [0.5, 0.6) is 0 Å². The molecule has 0 aliphatic carbocycles. The van der Waals surface area contributed by atoms with Crippen LogP contribution in [0.15, 0.2) is 23.1 Å². The summed E-state index contributed by atoms with van der Waals surface area (Å²) in [6.45, 7) is 5.71. The molecule has 4 nitrogen and oxygen atoms in total. The van der Waals surface area contributed by atoms with Crippen LogP contribution < -0.4 is 4.90 Å². The van der Waals surface area contributed by atoms with Gasteiger partial charge in [0.15, 0.2) is 5.78 Å². The lowest BCUT2D eigenvalue weighted by Gasteiger charge is -2.37. The highest BCUT2D eigenvalue weighted by molar-refractivity contribution is 8.01. The predicted molar refractivity (Wildman–Crippen MR) is 80.4 cm³/mol. The molecule has 0 fully saturated rings. The number of hydrogen-bond acceptors (Lipinski definition) is 4. The van der Waals surface area contributed by atoms with Crippen LogP contribution in [-0.2, 0) is 4.79 Å². The quantitative estimate of drug-likeness (QED) is 0.867. The third-order valence-corrected chi connectivity index (χ3v) is 4.59. The van der Waals surface area contributed by atoms with E-state index < -0.39 is 4.75 Å². The number of thioether (sulfide) groups is 1. The van der Waals surface area contributed by atoms with Gasteiger partial charge in [0.1, 0.15) is 0 Å². The minimum Gasteiger partial charge on any atom is -0.395 e. The molecule has 1 aliphatic rings. The highest BCUT2D eigenvalue weighted by atomic mass is 32.2. The van der Waals surface area contributed by atoms with Crippen molar-refractivity contribution in [2.45, 2.75) is 36.8 Å². The van der Waals surface area contributed by atoms with Crippen LogP contribution in [0, 0.1) is 0 Å². The number of rotatable bonds is 4. The number of anilines is 1. The molecule has 0 spiro atoms. The van der Waals surface area contributed by atoms with Crippen molar-refractivity contribution in [3.63, 3.8) is 0 Å². The Morgan fingerprint density at radius 3 is 2.70 bits per heavy atom. The van der Waals surface area contributed by atoms with Crippen molar-refractivity contribution in [3.05, 3.63) is 23.8 Å². The van der Waals surface area contributed by atoms with Gasteiger partial charge in [-0.15, -0.1) is 11.8 Å². The molecule has 108 valence electrons. The summed E-state index contributed by atoms with van der Waals surface area (Å²) in [5.74, 6) is 0.0178. The van der Waals surface area contributed by atoms with Crippen molar-refractivity contribution in [1.82, 2.24) is 0 Å². The normalized spacial score (nSPS) is 17.0. The Balaban J connectivity index is 2.50. The van der Waals surface area contributed by atoms with E-state index in [1.165, 1.54) is 11.8 Å². The maximum absolute atomic E-state index is 12.5. The van der Waals surface area contributed by atoms with Gasteiger partial charge in [0.2, 0.25) is 5.91 Å². The molecule has 1 aromatic rings. The Labute approximate surface area is 123 Å². The smallest absolute Gasteiger partial charge is 0.243 e. The van der Waals surface area contributed by atoms with Gasteiger partial charge in [0.05, 0.1) is 17.0 Å². The number of hydrogen-bond donors (Lipinski definition) is 1. The number of Topliss-reactive ketones (excluding diaryl/α,β-unsaturated/α-hetero) is 1. The molecule has 1 heterocycles. The summed E-state index contributed by atoms with van der Waals surface area (Å²) in [5.41, 5.74) is 1.34. The van der Waals surface area contributed by atoms with Gasteiger partial charge in [0.25, 0.3) is 0 Å². The number of ketones is 1. The number of nitrogens with zero attached hydrogens (tertiary/aromatic N) is 1. The van der Waals surface area contributed by atoms with E-state index >= 15 is 0 Å². The lowest BCUT2D eigenvalue weighted by atomic mass is 10.1. The third-order valence-electron chi connectivity index (χ3n) is 3.34. The molecule has 5 heteroatoms. The number of fused-ring (bicyclic) bond motifs is 1. The zero-order valence-electron chi connectivity index (χ0n) is 12.0. The molecule has 0 atom stereocenters. The second kappa shape index (κ2) is 5.58. The Hall–Kier alpha value is -1.33. The highest BCUT2D eigenvalue weighted by Crippen LogP contribution is 2.45. The maximum atomic E-state index is 12.5. The predicted octanol–water partition coefficient (Wildman–Crippen LogP) is 2.49. The number of aliphatic hydroxyl groups excluding tert-OH is 1. The molecule has 0 aromatic heterocycles. The van der Waals surface area contributed by atoms with Crippen molar-refractivity contribution in [3.8, 4) is 0 Å². The summed E-state index contributed by atoms with van der Waals surface area (Å²) < 4.78 is -0.557. The van der Waals surface area contributed by atoms with Crippen LogP contribution in [0.1, 0.15) is 37.6 Å². The monoisotopic (exact) mass is 293 g/mol. The van der Waals surface area contributed by atoms with E-state index in [0.29, 0.717) is 12.0 Å². The van der Waals surface area contributed by atoms with E-state index in [4.69, 9.17) is 0 Å². The molecule has 0 saturated heterocycles. The van der Waals surface area contributed by atoms with Crippen molar-refractivity contribution < 1.29 is 14.7 Å². The number of carbonyl (C=O) groups excluding carboxylic acids is 2. The molecule has 2 rings (SSSR count). The molecule has 0 saturated carbocycles. The Morgan fingerprint density at radius 1 is 1.40 bits per heavy atom. The van der Waals surface area contributed by atoms with Crippen LogP contribution in [0.3, 0.4) is 0 Å². The van der Waals surface area contributed by atoms with Gasteiger partial charge >= 0.3 is 0 Å². The van der Waals surface area contributed by atoms with Crippen molar-refractivity contribution in [2.24, 2.45) is 0 Å². The Kier molecular flexibility index (Phi) is 4.20. The zero-order chi connectivity index (χ0) is 14.9. The highest BCUT2D eigenvalue weighted by Gasteiger charge is 2.39. The number of aliphatic hydroxyl groups is 1. The van der Waals surface area contributed by atoms with Crippen LogP contribution in [0.4, 0.5) is 5.69 Å². The van der Waals surface area contributed by atoms with Gasteiger partial charge in [-0.2, -0.15) is 0 Å². The van der Waals surface area contributed by atoms with Gasteiger partial charge in [-0.1, -0.05) is 13.0 Å². The van der Waals surface area contributed by atoms with E-state index in [1.54, 1.807) is 17.0 Å². The summed E-state index contributed by atoms with van der Waals surface area (Å²) in [7, 11) is 0. The fourth-order valence-electron chi connectivity index (χ4n) is 2.27. The van der Waals surface area contributed by atoms with Crippen LogP contribution in [-0.4, -0.2) is 34.7 Å². The van der Waals surface area contributed by atoms with Crippen LogP contribution in [0.2, 0.25) is 0 Å². The van der Waals surface area contributed by atoms with Gasteiger partial charge in [0, 0.05) is 23.4 Å². The minimum atomic E-state index is -0.557. The number of β-amino-alcohol motifs (C(OH)–C–C–N with tert-alkyl or cyclic N) is 1. The average molecular weight is 293 g/mol. The zero-order valence-corrected chi connectivity index (χ0v) is 12.8. The summed E-state index contributed by atoms with van der Waals surface area (Å²) in [5, 5.41) is 9.19. The van der Waals surface area contributed by atoms with E-state index in [0.717, 1.165) is 10.6 Å². The maximum Gasteiger partial charge on any atom is 0.243 e. The lowest BCUT2D eigenvalue weighted by molar-refractivity contribution is -0.120. The largest absolute Gasteiger partial charge is 0.395 e. The molecule has 0 bridgehead atoms.